The van der Waals surface area contributed by atoms with Gasteiger partial charge < -0.3 is 23.7 Å². The molecule has 2 aromatic rings. The molecule has 0 saturated carbocycles. The Morgan fingerprint density at radius 3 is 2.50 bits per heavy atom. The summed E-state index contributed by atoms with van der Waals surface area (Å²) in [4.78, 5) is 19.6. The van der Waals surface area contributed by atoms with E-state index in [1.54, 1.807) is 32.4 Å². The van der Waals surface area contributed by atoms with Crippen LogP contribution in [0.25, 0.3) is 6.08 Å². The molecule has 4 rings (SSSR count). The molecule has 2 aliphatic heterocycles. The number of methoxy groups -OCH3 is 3. The monoisotopic (exact) mass is 428 g/mol. The Labute approximate surface area is 178 Å². The van der Waals surface area contributed by atoms with Crippen LogP contribution in [-0.4, -0.2) is 50.8 Å². The summed E-state index contributed by atoms with van der Waals surface area (Å²) in [6, 6.07) is 10.8. The number of benzene rings is 2. The average Bonchev–Trinajstić information content (AvgIpc) is 3.33. The molecule has 0 unspecified atom stereocenters. The molecule has 30 heavy (non-hydrogen) atoms. The first-order valence-corrected chi connectivity index (χ1v) is 9.85. The maximum atomic E-state index is 13.0. The van der Waals surface area contributed by atoms with E-state index < -0.39 is 0 Å². The van der Waals surface area contributed by atoms with Crippen LogP contribution in [0.2, 0.25) is 0 Å². The number of rotatable bonds is 6. The molecule has 1 amide bonds. The predicted molar refractivity (Wildman–Crippen MR) is 113 cm³/mol. The summed E-state index contributed by atoms with van der Waals surface area (Å²) >= 11 is 1.27. The fourth-order valence-electron chi connectivity index (χ4n) is 2.97. The molecule has 0 atom stereocenters. The van der Waals surface area contributed by atoms with Crippen molar-refractivity contribution in [2.45, 2.75) is 0 Å². The van der Waals surface area contributed by atoms with E-state index in [9.17, 15) is 4.79 Å². The van der Waals surface area contributed by atoms with Crippen LogP contribution in [0.5, 0.6) is 23.0 Å². The molecule has 2 aliphatic rings. The number of carbonyl (C=O) groups is 1. The number of amides is 1. The standard InChI is InChI=1S/C21H20N2O6S/c1-25-11-23-20(24)19(30-21(23)22-14-4-6-15(26-2)7-5-14)9-13-8-17-18(29-12-28-17)10-16(13)27-3/h4-10H,11-12H2,1-3H3/b19-9+,22-21?. The Balaban J connectivity index is 1.68. The summed E-state index contributed by atoms with van der Waals surface area (Å²) in [7, 11) is 4.71. The average molecular weight is 428 g/mol. The Morgan fingerprint density at radius 1 is 1.10 bits per heavy atom. The normalized spacial score (nSPS) is 17.8. The molecular formula is C21H20N2O6S. The highest BCUT2D eigenvalue weighted by molar-refractivity contribution is 8.18. The third-order valence-electron chi connectivity index (χ3n) is 4.45. The van der Waals surface area contributed by atoms with Gasteiger partial charge in [-0.1, -0.05) is 0 Å². The zero-order valence-corrected chi connectivity index (χ0v) is 17.5. The van der Waals surface area contributed by atoms with Crippen LogP contribution < -0.4 is 18.9 Å². The van der Waals surface area contributed by atoms with Crippen molar-refractivity contribution >= 4 is 34.6 Å². The van der Waals surface area contributed by atoms with E-state index >= 15 is 0 Å². The van der Waals surface area contributed by atoms with E-state index in [4.69, 9.17) is 23.7 Å². The molecule has 8 nitrogen and oxygen atoms in total. The number of carbonyl (C=O) groups excluding carboxylic acids is 1. The van der Waals surface area contributed by atoms with E-state index in [0.29, 0.717) is 38.6 Å². The fourth-order valence-corrected chi connectivity index (χ4v) is 3.95. The highest BCUT2D eigenvalue weighted by atomic mass is 32.2. The van der Waals surface area contributed by atoms with Gasteiger partial charge in [0.15, 0.2) is 16.7 Å². The molecule has 1 fully saturated rings. The molecule has 9 heteroatoms. The van der Waals surface area contributed by atoms with Crippen molar-refractivity contribution in [1.82, 2.24) is 4.90 Å². The number of thioether (sulfide) groups is 1. The zero-order chi connectivity index (χ0) is 21.1. The SMILES string of the molecule is COCN1C(=O)/C(=C\c2cc3c(cc2OC)OCO3)SC1=Nc1ccc(OC)cc1. The molecule has 0 radical (unpaired) electrons. The van der Waals surface area contributed by atoms with Crippen LogP contribution in [0.1, 0.15) is 5.56 Å². The fraction of sp³-hybridized carbons (Fsp3) is 0.238. The molecule has 0 bridgehead atoms. The predicted octanol–water partition coefficient (Wildman–Crippen LogP) is 3.64. The summed E-state index contributed by atoms with van der Waals surface area (Å²) in [5, 5.41) is 0.526. The van der Waals surface area contributed by atoms with E-state index in [0.717, 1.165) is 5.75 Å². The van der Waals surface area contributed by atoms with Gasteiger partial charge in [-0.05, 0) is 48.2 Å². The first kappa shape index (κ1) is 20.1. The summed E-state index contributed by atoms with van der Waals surface area (Å²) < 4.78 is 26.7. The van der Waals surface area contributed by atoms with Crippen LogP contribution >= 0.6 is 11.8 Å². The van der Waals surface area contributed by atoms with E-state index in [1.807, 2.05) is 24.3 Å². The van der Waals surface area contributed by atoms with Crippen LogP contribution in [-0.2, 0) is 9.53 Å². The van der Waals surface area contributed by atoms with Gasteiger partial charge in [-0.3, -0.25) is 9.69 Å². The van der Waals surface area contributed by atoms with Gasteiger partial charge in [-0.2, -0.15) is 0 Å². The van der Waals surface area contributed by atoms with Crippen molar-refractivity contribution in [3.05, 3.63) is 46.9 Å². The number of hydrogen-bond donors (Lipinski definition) is 0. The maximum Gasteiger partial charge on any atom is 0.268 e. The molecule has 0 aromatic heterocycles. The quantitative estimate of drug-likeness (QED) is 0.650. The number of ether oxygens (including phenoxy) is 5. The number of hydrogen-bond acceptors (Lipinski definition) is 8. The van der Waals surface area contributed by atoms with Crippen LogP contribution in [0.3, 0.4) is 0 Å². The highest BCUT2D eigenvalue weighted by Crippen LogP contribution is 2.41. The first-order chi connectivity index (χ1) is 14.6. The smallest absolute Gasteiger partial charge is 0.268 e. The molecule has 1 saturated heterocycles. The van der Waals surface area contributed by atoms with E-state index in [1.165, 1.54) is 23.8 Å². The van der Waals surface area contributed by atoms with Crippen molar-refractivity contribution < 1.29 is 28.5 Å². The van der Waals surface area contributed by atoms with Crippen LogP contribution in [0.15, 0.2) is 46.3 Å². The molecular weight excluding hydrogens is 408 g/mol. The van der Waals surface area contributed by atoms with Gasteiger partial charge in [0.2, 0.25) is 6.79 Å². The van der Waals surface area contributed by atoms with Crippen LogP contribution in [0, 0.1) is 0 Å². The summed E-state index contributed by atoms with van der Waals surface area (Å²) in [6.07, 6.45) is 1.76. The van der Waals surface area contributed by atoms with Crippen LogP contribution in [0.4, 0.5) is 5.69 Å². The number of amidine groups is 1. The van der Waals surface area contributed by atoms with Gasteiger partial charge in [0.05, 0.1) is 24.8 Å². The second kappa shape index (κ2) is 8.68. The van der Waals surface area contributed by atoms with Gasteiger partial charge in [0.25, 0.3) is 5.91 Å². The van der Waals surface area contributed by atoms with Crippen molar-refractivity contribution in [2.24, 2.45) is 4.99 Å². The lowest BCUT2D eigenvalue weighted by Gasteiger charge is -2.13. The van der Waals surface area contributed by atoms with Gasteiger partial charge in [-0.15, -0.1) is 0 Å². The molecule has 2 aromatic carbocycles. The third kappa shape index (κ3) is 3.94. The lowest BCUT2D eigenvalue weighted by molar-refractivity contribution is -0.125. The molecule has 156 valence electrons. The lowest BCUT2D eigenvalue weighted by Crippen LogP contribution is -2.30. The third-order valence-corrected chi connectivity index (χ3v) is 5.46. The maximum absolute atomic E-state index is 13.0. The van der Waals surface area contributed by atoms with Gasteiger partial charge in [0.1, 0.15) is 18.2 Å². The van der Waals surface area contributed by atoms with Crippen molar-refractivity contribution in [2.75, 3.05) is 34.9 Å². The minimum Gasteiger partial charge on any atom is -0.497 e. The first-order valence-electron chi connectivity index (χ1n) is 9.03. The Bertz CT molecular complexity index is 1020. The number of aliphatic imine (C=N–C) groups is 1. The Kier molecular flexibility index (Phi) is 5.82. The molecule has 0 spiro atoms. The zero-order valence-electron chi connectivity index (χ0n) is 16.7. The Morgan fingerprint density at radius 2 is 1.83 bits per heavy atom. The summed E-state index contributed by atoms with van der Waals surface area (Å²) in [5.74, 6) is 2.34. The van der Waals surface area contributed by atoms with Crippen molar-refractivity contribution in [1.29, 1.82) is 0 Å². The lowest BCUT2D eigenvalue weighted by atomic mass is 10.1. The van der Waals surface area contributed by atoms with Gasteiger partial charge >= 0.3 is 0 Å². The second-order valence-electron chi connectivity index (χ2n) is 6.30. The van der Waals surface area contributed by atoms with Gasteiger partial charge in [0, 0.05) is 18.7 Å². The topological polar surface area (TPSA) is 78.8 Å². The number of fused-ring (bicyclic) bond motifs is 1. The Hall–Kier alpha value is -3.17. The van der Waals surface area contributed by atoms with Crippen molar-refractivity contribution in [3.63, 3.8) is 0 Å². The highest BCUT2D eigenvalue weighted by Gasteiger charge is 2.34. The largest absolute Gasteiger partial charge is 0.497 e. The summed E-state index contributed by atoms with van der Waals surface area (Å²) in [5.41, 5.74) is 1.41. The summed E-state index contributed by atoms with van der Waals surface area (Å²) in [6.45, 7) is 0.253. The molecule has 0 N–H and O–H groups in total. The van der Waals surface area contributed by atoms with Crippen molar-refractivity contribution in [3.8, 4) is 23.0 Å². The molecule has 2 heterocycles. The van der Waals surface area contributed by atoms with E-state index in [2.05, 4.69) is 4.99 Å². The van der Waals surface area contributed by atoms with E-state index in [-0.39, 0.29) is 19.4 Å². The minimum atomic E-state index is -0.200. The number of nitrogens with zero attached hydrogens (tertiary/aromatic N) is 2. The molecule has 0 aliphatic carbocycles. The second-order valence-corrected chi connectivity index (χ2v) is 7.31. The minimum absolute atomic E-state index is 0.0937. The van der Waals surface area contributed by atoms with Gasteiger partial charge in [-0.25, -0.2) is 4.99 Å².